The molecule has 0 bridgehead atoms. The minimum atomic E-state index is -0.245. The normalized spacial score (nSPS) is 13.9. The maximum atomic E-state index is 13.1. The summed E-state index contributed by atoms with van der Waals surface area (Å²) >= 11 is 8.99. The van der Waals surface area contributed by atoms with E-state index in [1.807, 2.05) is 17.5 Å². The van der Waals surface area contributed by atoms with Crippen LogP contribution in [0.1, 0.15) is 11.8 Å². The molecule has 2 aromatic rings. The lowest BCUT2D eigenvalue weighted by Gasteiger charge is -2.26. The summed E-state index contributed by atoms with van der Waals surface area (Å²) in [4.78, 5) is 28.6. The Hall–Kier alpha value is -1.96. The van der Waals surface area contributed by atoms with Gasteiger partial charge in [-0.3, -0.25) is 14.5 Å². The van der Waals surface area contributed by atoms with Crippen molar-refractivity contribution < 1.29 is 14.3 Å². The highest BCUT2D eigenvalue weighted by Gasteiger charge is 2.27. The van der Waals surface area contributed by atoms with E-state index in [0.29, 0.717) is 40.3 Å². The molecule has 0 unspecified atom stereocenters. The van der Waals surface area contributed by atoms with Crippen molar-refractivity contribution in [3.8, 4) is 0 Å². The van der Waals surface area contributed by atoms with E-state index in [0.717, 1.165) is 4.88 Å². The van der Waals surface area contributed by atoms with Crippen LogP contribution in [-0.2, 0) is 20.9 Å². The summed E-state index contributed by atoms with van der Waals surface area (Å²) in [5.74, 6) is 0.823. The SMILES string of the molecule is CC1=C(C(=O)N(CC(=O)NCc2cccs2)c2ccc(Cl)cc2)SCCO1. The van der Waals surface area contributed by atoms with Crippen LogP contribution in [0.5, 0.6) is 0 Å². The number of carbonyl (C=O) groups is 2. The second kappa shape index (κ2) is 9.30. The lowest BCUT2D eigenvalue weighted by Crippen LogP contribution is -2.41. The molecular weight excluding hydrogens is 404 g/mol. The Bertz CT molecular complexity index is 835. The lowest BCUT2D eigenvalue weighted by molar-refractivity contribution is -0.122. The Morgan fingerprint density at radius 2 is 2.04 bits per heavy atom. The maximum absolute atomic E-state index is 13.1. The van der Waals surface area contributed by atoms with Crippen LogP contribution in [0, 0.1) is 0 Å². The molecule has 0 aliphatic carbocycles. The molecule has 1 aromatic carbocycles. The minimum absolute atomic E-state index is 0.0802. The van der Waals surface area contributed by atoms with E-state index >= 15 is 0 Å². The number of hydrogen-bond acceptors (Lipinski definition) is 5. The Labute approximate surface area is 171 Å². The topological polar surface area (TPSA) is 58.6 Å². The van der Waals surface area contributed by atoms with E-state index in [-0.39, 0.29) is 18.4 Å². The monoisotopic (exact) mass is 422 g/mol. The average Bonchev–Trinajstić information content (AvgIpc) is 3.19. The molecule has 0 spiro atoms. The first-order valence-electron chi connectivity index (χ1n) is 8.37. The molecule has 0 atom stereocenters. The van der Waals surface area contributed by atoms with Crippen molar-refractivity contribution in [3.05, 3.63) is 62.3 Å². The molecule has 2 heterocycles. The molecule has 1 N–H and O–H groups in total. The van der Waals surface area contributed by atoms with Crippen LogP contribution in [0.3, 0.4) is 0 Å². The van der Waals surface area contributed by atoms with Gasteiger partial charge in [-0.1, -0.05) is 17.7 Å². The molecule has 3 rings (SSSR count). The summed E-state index contributed by atoms with van der Waals surface area (Å²) in [5, 5.41) is 5.39. The van der Waals surface area contributed by atoms with Crippen molar-refractivity contribution in [2.24, 2.45) is 0 Å². The number of amides is 2. The van der Waals surface area contributed by atoms with Gasteiger partial charge in [0, 0.05) is 21.3 Å². The number of ether oxygens (including phenoxy) is 1. The van der Waals surface area contributed by atoms with Crippen molar-refractivity contribution in [1.29, 1.82) is 0 Å². The van der Waals surface area contributed by atoms with Crippen LogP contribution >= 0.6 is 34.7 Å². The third-order valence-electron chi connectivity index (χ3n) is 3.89. The molecule has 0 fully saturated rings. The van der Waals surface area contributed by atoms with Crippen LogP contribution in [-0.4, -0.2) is 30.7 Å². The molecular formula is C19H19ClN2O3S2. The minimum Gasteiger partial charge on any atom is -0.496 e. The molecule has 1 aromatic heterocycles. The van der Waals surface area contributed by atoms with Crippen molar-refractivity contribution in [1.82, 2.24) is 5.32 Å². The largest absolute Gasteiger partial charge is 0.496 e. The molecule has 0 saturated heterocycles. The van der Waals surface area contributed by atoms with E-state index in [1.165, 1.54) is 16.7 Å². The highest BCUT2D eigenvalue weighted by atomic mass is 35.5. The fraction of sp³-hybridized carbons (Fsp3) is 0.263. The van der Waals surface area contributed by atoms with Gasteiger partial charge in [0.2, 0.25) is 5.91 Å². The highest BCUT2D eigenvalue weighted by Crippen LogP contribution is 2.29. The van der Waals surface area contributed by atoms with E-state index in [1.54, 1.807) is 42.5 Å². The van der Waals surface area contributed by atoms with Crippen molar-refractivity contribution in [2.75, 3.05) is 23.8 Å². The third kappa shape index (κ3) is 5.28. The van der Waals surface area contributed by atoms with Gasteiger partial charge >= 0.3 is 0 Å². The quantitative estimate of drug-likeness (QED) is 0.763. The number of thioether (sulfide) groups is 1. The molecule has 2 amide bonds. The molecule has 142 valence electrons. The zero-order valence-corrected chi connectivity index (χ0v) is 17.1. The maximum Gasteiger partial charge on any atom is 0.268 e. The highest BCUT2D eigenvalue weighted by molar-refractivity contribution is 8.04. The summed E-state index contributed by atoms with van der Waals surface area (Å²) in [6.07, 6.45) is 0. The number of halogens is 1. The van der Waals surface area contributed by atoms with Gasteiger partial charge in [0.1, 0.15) is 17.2 Å². The van der Waals surface area contributed by atoms with Gasteiger partial charge in [-0.15, -0.1) is 23.1 Å². The number of rotatable bonds is 6. The number of nitrogens with zero attached hydrogens (tertiary/aromatic N) is 1. The Morgan fingerprint density at radius 3 is 2.70 bits per heavy atom. The van der Waals surface area contributed by atoms with Gasteiger partial charge in [0.15, 0.2) is 0 Å². The number of allylic oxidation sites excluding steroid dienone is 1. The number of carbonyl (C=O) groups excluding carboxylic acids is 2. The van der Waals surface area contributed by atoms with Gasteiger partial charge in [0.05, 0.1) is 13.2 Å². The fourth-order valence-electron chi connectivity index (χ4n) is 2.54. The van der Waals surface area contributed by atoms with Crippen LogP contribution in [0.4, 0.5) is 5.69 Å². The molecule has 0 saturated carbocycles. The van der Waals surface area contributed by atoms with Crippen LogP contribution in [0.2, 0.25) is 5.02 Å². The molecule has 5 nitrogen and oxygen atoms in total. The van der Waals surface area contributed by atoms with Crippen molar-refractivity contribution in [3.63, 3.8) is 0 Å². The number of thiophene rings is 1. The van der Waals surface area contributed by atoms with E-state index < -0.39 is 0 Å². The van der Waals surface area contributed by atoms with Gasteiger partial charge in [-0.05, 0) is 42.6 Å². The first-order chi connectivity index (χ1) is 13.0. The zero-order chi connectivity index (χ0) is 19.2. The van der Waals surface area contributed by atoms with Crippen LogP contribution < -0.4 is 10.2 Å². The summed E-state index contributed by atoms with van der Waals surface area (Å²) in [5.41, 5.74) is 0.613. The lowest BCUT2D eigenvalue weighted by atomic mass is 10.2. The molecule has 1 aliphatic heterocycles. The predicted molar refractivity (Wildman–Crippen MR) is 111 cm³/mol. The smallest absolute Gasteiger partial charge is 0.268 e. The number of hydrogen-bond donors (Lipinski definition) is 1. The Morgan fingerprint density at radius 1 is 1.26 bits per heavy atom. The van der Waals surface area contributed by atoms with E-state index in [9.17, 15) is 9.59 Å². The molecule has 8 heteroatoms. The van der Waals surface area contributed by atoms with E-state index in [4.69, 9.17) is 16.3 Å². The van der Waals surface area contributed by atoms with Crippen molar-refractivity contribution in [2.45, 2.75) is 13.5 Å². The third-order valence-corrected chi connectivity index (χ3v) is 6.14. The Balaban J connectivity index is 1.78. The summed E-state index contributed by atoms with van der Waals surface area (Å²) in [7, 11) is 0. The average molecular weight is 423 g/mol. The Kier molecular flexibility index (Phi) is 6.82. The predicted octanol–water partition coefficient (Wildman–Crippen LogP) is 4.05. The van der Waals surface area contributed by atoms with E-state index in [2.05, 4.69) is 5.32 Å². The van der Waals surface area contributed by atoms with Crippen LogP contribution in [0.15, 0.2) is 52.4 Å². The van der Waals surface area contributed by atoms with Crippen molar-refractivity contribution >= 4 is 52.2 Å². The van der Waals surface area contributed by atoms with Gasteiger partial charge in [-0.2, -0.15) is 0 Å². The number of benzene rings is 1. The summed E-state index contributed by atoms with van der Waals surface area (Å²) < 4.78 is 5.51. The summed E-state index contributed by atoms with van der Waals surface area (Å²) in [6.45, 7) is 2.72. The first-order valence-corrected chi connectivity index (χ1v) is 10.6. The van der Waals surface area contributed by atoms with Gasteiger partial charge < -0.3 is 10.1 Å². The number of anilines is 1. The molecule has 0 radical (unpaired) electrons. The number of nitrogens with one attached hydrogen (secondary N) is 1. The zero-order valence-electron chi connectivity index (χ0n) is 14.7. The second-order valence-corrected chi connectivity index (χ2v) is 8.38. The molecule has 27 heavy (non-hydrogen) atoms. The van der Waals surface area contributed by atoms with Gasteiger partial charge in [-0.25, -0.2) is 0 Å². The first kappa shape index (κ1) is 19.8. The fourth-order valence-corrected chi connectivity index (χ4v) is 4.18. The standard InChI is InChI=1S/C19H19ClN2O3S2/c1-13-18(27-10-8-25-13)19(24)22(15-6-4-14(20)5-7-15)12-17(23)21-11-16-3-2-9-26-16/h2-7,9H,8,10-12H2,1H3,(H,21,23). The van der Waals surface area contributed by atoms with Crippen LogP contribution in [0.25, 0.3) is 0 Å². The molecule has 1 aliphatic rings. The summed E-state index contributed by atoms with van der Waals surface area (Å²) in [6, 6.07) is 10.8. The van der Waals surface area contributed by atoms with Gasteiger partial charge in [0.25, 0.3) is 5.91 Å². The second-order valence-electron chi connectivity index (χ2n) is 5.81.